The zero-order chi connectivity index (χ0) is 13.9. The van der Waals surface area contributed by atoms with Crippen LogP contribution in [0.1, 0.15) is 25.0 Å². The standard InChI is InChI=1S/C16H18FN3/c1-12-5-7-14(13-6-8-15(17)18-11-13)16(19-12)20-9-3-2-4-10-20/h5-8,11H,2-4,9-10H2,1H3. The van der Waals surface area contributed by atoms with E-state index in [4.69, 9.17) is 4.98 Å². The molecule has 3 rings (SSSR count). The van der Waals surface area contributed by atoms with Crippen molar-refractivity contribution in [3.8, 4) is 11.1 Å². The number of aryl methyl sites for hydroxylation is 1. The van der Waals surface area contributed by atoms with Gasteiger partial charge in [-0.2, -0.15) is 4.39 Å². The number of anilines is 1. The van der Waals surface area contributed by atoms with E-state index in [1.807, 2.05) is 13.0 Å². The van der Waals surface area contributed by atoms with Gasteiger partial charge in [-0.1, -0.05) is 0 Å². The summed E-state index contributed by atoms with van der Waals surface area (Å²) in [6.07, 6.45) is 5.28. The highest BCUT2D eigenvalue weighted by Gasteiger charge is 2.17. The molecular formula is C16H18FN3. The Hall–Kier alpha value is -1.97. The third-order valence-corrected chi connectivity index (χ3v) is 3.71. The van der Waals surface area contributed by atoms with E-state index in [0.29, 0.717) is 0 Å². The van der Waals surface area contributed by atoms with Gasteiger partial charge in [-0.3, -0.25) is 0 Å². The summed E-state index contributed by atoms with van der Waals surface area (Å²) >= 11 is 0. The second-order valence-corrected chi connectivity index (χ2v) is 5.24. The van der Waals surface area contributed by atoms with Gasteiger partial charge in [0.1, 0.15) is 5.82 Å². The summed E-state index contributed by atoms with van der Waals surface area (Å²) in [5.41, 5.74) is 2.95. The summed E-state index contributed by atoms with van der Waals surface area (Å²) in [5.74, 6) is 0.548. The van der Waals surface area contributed by atoms with Crippen molar-refractivity contribution in [3.05, 3.63) is 42.1 Å². The Labute approximate surface area is 118 Å². The summed E-state index contributed by atoms with van der Waals surface area (Å²) in [4.78, 5) is 10.8. The van der Waals surface area contributed by atoms with E-state index in [-0.39, 0.29) is 0 Å². The average molecular weight is 271 g/mol. The van der Waals surface area contributed by atoms with E-state index in [1.165, 1.54) is 25.3 Å². The Kier molecular flexibility index (Phi) is 3.63. The molecule has 2 aromatic rings. The molecule has 20 heavy (non-hydrogen) atoms. The second kappa shape index (κ2) is 5.57. The first-order chi connectivity index (χ1) is 9.74. The molecule has 4 heteroatoms. The molecule has 1 aliphatic heterocycles. The molecule has 0 aliphatic carbocycles. The molecule has 0 saturated carbocycles. The van der Waals surface area contributed by atoms with Crippen molar-refractivity contribution in [2.45, 2.75) is 26.2 Å². The van der Waals surface area contributed by atoms with Crippen molar-refractivity contribution >= 4 is 5.82 Å². The van der Waals surface area contributed by atoms with E-state index in [1.54, 1.807) is 12.3 Å². The van der Waals surface area contributed by atoms with Crippen molar-refractivity contribution in [1.82, 2.24) is 9.97 Å². The van der Waals surface area contributed by atoms with Crippen molar-refractivity contribution in [1.29, 1.82) is 0 Å². The molecule has 3 heterocycles. The molecule has 104 valence electrons. The average Bonchev–Trinajstić information content (AvgIpc) is 2.49. The maximum Gasteiger partial charge on any atom is 0.212 e. The van der Waals surface area contributed by atoms with Gasteiger partial charge >= 0.3 is 0 Å². The fourth-order valence-corrected chi connectivity index (χ4v) is 2.65. The fourth-order valence-electron chi connectivity index (χ4n) is 2.65. The zero-order valence-corrected chi connectivity index (χ0v) is 11.6. The van der Waals surface area contributed by atoms with Crippen LogP contribution < -0.4 is 4.90 Å². The van der Waals surface area contributed by atoms with E-state index < -0.39 is 5.95 Å². The predicted molar refractivity (Wildman–Crippen MR) is 78.2 cm³/mol. The van der Waals surface area contributed by atoms with Gasteiger partial charge in [-0.15, -0.1) is 0 Å². The number of pyridine rings is 2. The Bertz CT molecular complexity index is 589. The monoisotopic (exact) mass is 271 g/mol. The molecular weight excluding hydrogens is 253 g/mol. The predicted octanol–water partition coefficient (Wildman–Crippen LogP) is 3.58. The minimum absolute atomic E-state index is 0.451. The molecule has 0 amide bonds. The third kappa shape index (κ3) is 2.64. The van der Waals surface area contributed by atoms with Crippen molar-refractivity contribution in [2.24, 2.45) is 0 Å². The number of halogens is 1. The molecule has 0 bridgehead atoms. The minimum atomic E-state index is -0.451. The maximum atomic E-state index is 13.0. The minimum Gasteiger partial charge on any atom is -0.356 e. The van der Waals surface area contributed by atoms with Crippen molar-refractivity contribution in [2.75, 3.05) is 18.0 Å². The molecule has 2 aromatic heterocycles. The summed E-state index contributed by atoms with van der Waals surface area (Å²) in [7, 11) is 0. The Morgan fingerprint density at radius 2 is 1.85 bits per heavy atom. The lowest BCUT2D eigenvalue weighted by molar-refractivity contribution is 0.573. The van der Waals surface area contributed by atoms with Gasteiger partial charge in [-0.05, 0) is 50.5 Å². The van der Waals surface area contributed by atoms with Gasteiger partial charge in [0.25, 0.3) is 0 Å². The molecule has 0 spiro atoms. The van der Waals surface area contributed by atoms with Gasteiger partial charge < -0.3 is 4.90 Å². The first-order valence-corrected chi connectivity index (χ1v) is 7.08. The van der Waals surface area contributed by atoms with Crippen LogP contribution in [0.3, 0.4) is 0 Å². The molecule has 1 aliphatic rings. The highest BCUT2D eigenvalue weighted by molar-refractivity contribution is 5.75. The van der Waals surface area contributed by atoms with E-state index in [0.717, 1.165) is 35.7 Å². The molecule has 0 aromatic carbocycles. The normalized spacial score (nSPS) is 15.4. The van der Waals surface area contributed by atoms with Crippen LogP contribution in [0, 0.1) is 12.9 Å². The van der Waals surface area contributed by atoms with Crippen LogP contribution in [-0.2, 0) is 0 Å². The summed E-state index contributed by atoms with van der Waals surface area (Å²) in [5, 5.41) is 0. The summed E-state index contributed by atoms with van der Waals surface area (Å²) < 4.78 is 13.0. The molecule has 1 fully saturated rings. The lowest BCUT2D eigenvalue weighted by Gasteiger charge is -2.29. The van der Waals surface area contributed by atoms with Gasteiger partial charge in [0.2, 0.25) is 5.95 Å². The number of hydrogen-bond donors (Lipinski definition) is 0. The quantitative estimate of drug-likeness (QED) is 0.782. The second-order valence-electron chi connectivity index (χ2n) is 5.24. The van der Waals surface area contributed by atoms with E-state index in [9.17, 15) is 4.39 Å². The number of hydrogen-bond acceptors (Lipinski definition) is 3. The maximum absolute atomic E-state index is 13.0. The Balaban J connectivity index is 2.03. The van der Waals surface area contributed by atoms with Crippen LogP contribution in [0.25, 0.3) is 11.1 Å². The van der Waals surface area contributed by atoms with Crippen molar-refractivity contribution < 1.29 is 4.39 Å². The zero-order valence-electron chi connectivity index (χ0n) is 11.6. The fraction of sp³-hybridized carbons (Fsp3) is 0.375. The van der Waals surface area contributed by atoms with Crippen LogP contribution in [0.4, 0.5) is 10.2 Å². The van der Waals surface area contributed by atoms with Gasteiger partial charge in [0, 0.05) is 36.1 Å². The SMILES string of the molecule is Cc1ccc(-c2ccc(F)nc2)c(N2CCCCC2)n1. The van der Waals surface area contributed by atoms with Crippen LogP contribution >= 0.6 is 0 Å². The van der Waals surface area contributed by atoms with Crippen LogP contribution in [0.15, 0.2) is 30.5 Å². The summed E-state index contributed by atoms with van der Waals surface area (Å²) in [6.45, 7) is 4.08. The smallest absolute Gasteiger partial charge is 0.212 e. The van der Waals surface area contributed by atoms with Crippen LogP contribution in [0.5, 0.6) is 0 Å². The van der Waals surface area contributed by atoms with E-state index >= 15 is 0 Å². The number of nitrogens with zero attached hydrogens (tertiary/aromatic N) is 3. The largest absolute Gasteiger partial charge is 0.356 e. The lowest BCUT2D eigenvalue weighted by atomic mass is 10.1. The number of piperidine rings is 1. The molecule has 0 unspecified atom stereocenters. The van der Waals surface area contributed by atoms with Gasteiger partial charge in [0.05, 0.1) is 0 Å². The first-order valence-electron chi connectivity index (χ1n) is 7.08. The lowest BCUT2D eigenvalue weighted by Crippen LogP contribution is -2.30. The summed E-state index contributed by atoms with van der Waals surface area (Å²) in [6, 6.07) is 7.21. The Morgan fingerprint density at radius 3 is 2.55 bits per heavy atom. The van der Waals surface area contributed by atoms with Crippen LogP contribution in [0.2, 0.25) is 0 Å². The van der Waals surface area contributed by atoms with Gasteiger partial charge in [-0.25, -0.2) is 9.97 Å². The van der Waals surface area contributed by atoms with Crippen LogP contribution in [-0.4, -0.2) is 23.1 Å². The highest BCUT2D eigenvalue weighted by Crippen LogP contribution is 2.30. The highest BCUT2D eigenvalue weighted by atomic mass is 19.1. The third-order valence-electron chi connectivity index (χ3n) is 3.71. The van der Waals surface area contributed by atoms with Gasteiger partial charge in [0.15, 0.2) is 0 Å². The number of rotatable bonds is 2. The number of aromatic nitrogens is 2. The molecule has 3 nitrogen and oxygen atoms in total. The molecule has 0 radical (unpaired) electrons. The molecule has 0 N–H and O–H groups in total. The molecule has 0 atom stereocenters. The topological polar surface area (TPSA) is 29.0 Å². The van der Waals surface area contributed by atoms with E-state index in [2.05, 4.69) is 16.0 Å². The first kappa shape index (κ1) is 13.0. The van der Waals surface area contributed by atoms with Crippen molar-refractivity contribution in [3.63, 3.8) is 0 Å². The Morgan fingerprint density at radius 1 is 1.05 bits per heavy atom. The molecule has 1 saturated heterocycles.